The number of hydrogen-bond donors (Lipinski definition) is 0. The van der Waals surface area contributed by atoms with Gasteiger partial charge in [0.1, 0.15) is 6.10 Å². The van der Waals surface area contributed by atoms with Gasteiger partial charge in [-0.2, -0.15) is 5.26 Å². The van der Waals surface area contributed by atoms with Crippen LogP contribution in [0.2, 0.25) is 0 Å². The molecule has 0 aromatic rings. The van der Waals surface area contributed by atoms with Crippen LogP contribution < -0.4 is 0 Å². The van der Waals surface area contributed by atoms with Crippen molar-refractivity contribution in [3.63, 3.8) is 0 Å². The van der Waals surface area contributed by atoms with Crippen molar-refractivity contribution in [2.75, 3.05) is 0 Å². The second-order valence-electron chi connectivity index (χ2n) is 4.26. The topological polar surface area (TPSA) is 108 Å². The van der Waals surface area contributed by atoms with E-state index in [1.807, 2.05) is 19.9 Å². The summed E-state index contributed by atoms with van der Waals surface area (Å²) in [4.78, 5) is 13.8. The number of rotatable bonds is 3. The highest BCUT2D eigenvalue weighted by Crippen LogP contribution is 2.31. The van der Waals surface area contributed by atoms with Crippen molar-refractivity contribution < 1.29 is 14.3 Å². The van der Waals surface area contributed by atoms with Crippen molar-refractivity contribution in [3.05, 3.63) is 10.4 Å². The summed E-state index contributed by atoms with van der Waals surface area (Å²) in [6, 6.07) is 1.37. The van der Waals surface area contributed by atoms with Gasteiger partial charge in [-0.1, -0.05) is 19.0 Å². The van der Waals surface area contributed by atoms with Crippen molar-refractivity contribution in [2.24, 2.45) is 11.0 Å². The molecule has 18 heavy (non-hydrogen) atoms. The first-order valence-corrected chi connectivity index (χ1v) is 5.81. The minimum Gasteiger partial charge on any atom is -0.458 e. The Bertz CT molecular complexity index is 400. The molecule has 0 amide bonds. The molecule has 1 rings (SSSR count). The number of carbonyl (C=O) groups is 1. The number of nitriles is 1. The molecule has 0 spiro atoms. The Balaban J connectivity index is 3.04. The van der Waals surface area contributed by atoms with Crippen LogP contribution in [0.1, 0.15) is 27.2 Å². The SMILES string of the molecule is CC[C@H]1O[C@@H](C#N)[C@H](OC(C)=O)[C@@H](N=[N+]=[N-])[C@H]1C. The molecule has 1 fully saturated rings. The van der Waals surface area contributed by atoms with E-state index in [1.165, 1.54) is 6.92 Å². The summed E-state index contributed by atoms with van der Waals surface area (Å²) >= 11 is 0. The lowest BCUT2D eigenvalue weighted by Crippen LogP contribution is -2.53. The van der Waals surface area contributed by atoms with Crippen molar-refractivity contribution in [1.29, 1.82) is 5.26 Å². The Morgan fingerprint density at radius 3 is 2.78 bits per heavy atom. The molecule has 0 unspecified atom stereocenters. The van der Waals surface area contributed by atoms with Gasteiger partial charge in [-0.3, -0.25) is 4.79 Å². The molecule has 0 radical (unpaired) electrons. The van der Waals surface area contributed by atoms with Crippen LogP contribution >= 0.6 is 0 Å². The lowest BCUT2D eigenvalue weighted by Gasteiger charge is -2.40. The van der Waals surface area contributed by atoms with E-state index < -0.39 is 24.2 Å². The van der Waals surface area contributed by atoms with E-state index >= 15 is 0 Å². The van der Waals surface area contributed by atoms with Gasteiger partial charge >= 0.3 is 5.97 Å². The maximum atomic E-state index is 11.1. The fourth-order valence-electron chi connectivity index (χ4n) is 2.21. The molecule has 1 heterocycles. The molecule has 98 valence electrons. The highest BCUT2D eigenvalue weighted by Gasteiger charge is 2.44. The van der Waals surface area contributed by atoms with Crippen molar-refractivity contribution >= 4 is 5.97 Å². The highest BCUT2D eigenvalue weighted by atomic mass is 16.6. The van der Waals surface area contributed by atoms with E-state index in [1.54, 1.807) is 0 Å². The third-order valence-electron chi connectivity index (χ3n) is 3.10. The first-order valence-electron chi connectivity index (χ1n) is 5.81. The van der Waals surface area contributed by atoms with Gasteiger partial charge in [-0.15, -0.1) is 0 Å². The van der Waals surface area contributed by atoms with E-state index in [0.29, 0.717) is 6.42 Å². The van der Waals surface area contributed by atoms with E-state index in [9.17, 15) is 4.79 Å². The second-order valence-corrected chi connectivity index (χ2v) is 4.26. The standard InChI is InChI=1S/C11H16N4O3/c1-4-8-6(2)10(14-15-13)11(17-7(3)16)9(5-12)18-8/h6,8-11H,4H2,1-3H3/t6-,8+,9-,10-,11-/m0/s1. The van der Waals surface area contributed by atoms with Gasteiger partial charge in [0, 0.05) is 11.8 Å². The van der Waals surface area contributed by atoms with Crippen LogP contribution in [-0.2, 0) is 14.3 Å². The Hall–Kier alpha value is -1.77. The zero-order valence-electron chi connectivity index (χ0n) is 10.6. The first-order chi connectivity index (χ1) is 8.54. The fourth-order valence-corrected chi connectivity index (χ4v) is 2.21. The molecule has 1 aliphatic rings. The van der Waals surface area contributed by atoms with Gasteiger partial charge in [0.25, 0.3) is 0 Å². The molecule has 0 aromatic carbocycles. The monoisotopic (exact) mass is 252 g/mol. The average Bonchev–Trinajstić information content (AvgIpc) is 2.33. The van der Waals surface area contributed by atoms with E-state index in [2.05, 4.69) is 10.0 Å². The summed E-state index contributed by atoms with van der Waals surface area (Å²) in [6.45, 7) is 5.03. The molecule has 0 aliphatic carbocycles. The maximum absolute atomic E-state index is 11.1. The minimum atomic E-state index is -0.898. The van der Waals surface area contributed by atoms with Crippen LogP contribution in [0.15, 0.2) is 5.11 Å². The molecule has 7 nitrogen and oxygen atoms in total. The van der Waals surface area contributed by atoms with Crippen LogP contribution in [0, 0.1) is 17.2 Å². The number of nitrogens with zero attached hydrogens (tertiary/aromatic N) is 4. The molecule has 0 bridgehead atoms. The third kappa shape index (κ3) is 2.92. The zero-order valence-corrected chi connectivity index (χ0v) is 10.6. The van der Waals surface area contributed by atoms with E-state index in [4.69, 9.17) is 20.3 Å². The zero-order chi connectivity index (χ0) is 13.7. The van der Waals surface area contributed by atoms with Crippen LogP contribution in [0.3, 0.4) is 0 Å². The van der Waals surface area contributed by atoms with E-state index in [0.717, 1.165) is 0 Å². The summed E-state index contributed by atoms with van der Waals surface area (Å²) in [7, 11) is 0. The fraction of sp³-hybridized carbons (Fsp3) is 0.818. The number of hydrogen-bond acceptors (Lipinski definition) is 5. The number of esters is 1. The largest absolute Gasteiger partial charge is 0.458 e. The van der Waals surface area contributed by atoms with Crippen molar-refractivity contribution in [1.82, 2.24) is 0 Å². The quantitative estimate of drug-likeness (QED) is 0.331. The Morgan fingerprint density at radius 2 is 2.33 bits per heavy atom. The Morgan fingerprint density at radius 1 is 1.67 bits per heavy atom. The van der Waals surface area contributed by atoms with Crippen LogP contribution in [0.25, 0.3) is 10.4 Å². The molecule has 0 N–H and O–H groups in total. The van der Waals surface area contributed by atoms with Gasteiger partial charge < -0.3 is 9.47 Å². The van der Waals surface area contributed by atoms with Gasteiger partial charge in [-0.25, -0.2) is 0 Å². The molecule has 1 aliphatic heterocycles. The van der Waals surface area contributed by atoms with Crippen LogP contribution in [-0.4, -0.2) is 30.3 Å². The molecule has 5 atom stereocenters. The van der Waals surface area contributed by atoms with E-state index in [-0.39, 0.29) is 12.0 Å². The molecule has 7 heteroatoms. The van der Waals surface area contributed by atoms with Gasteiger partial charge in [0.15, 0.2) is 6.10 Å². The summed E-state index contributed by atoms with van der Waals surface area (Å²) in [5.74, 6) is -0.635. The molecule has 0 saturated carbocycles. The Kier molecular flexibility index (Phi) is 4.95. The highest BCUT2D eigenvalue weighted by molar-refractivity contribution is 5.66. The maximum Gasteiger partial charge on any atom is 0.303 e. The molecular formula is C11H16N4O3. The van der Waals surface area contributed by atoms with Crippen molar-refractivity contribution in [3.8, 4) is 6.07 Å². The summed E-state index contributed by atoms with van der Waals surface area (Å²) in [6.07, 6.45) is -1.23. The second kappa shape index (κ2) is 6.24. The molecule has 1 saturated heterocycles. The van der Waals surface area contributed by atoms with Crippen LogP contribution in [0.5, 0.6) is 0 Å². The lowest BCUT2D eigenvalue weighted by atomic mass is 9.85. The molecule has 0 aromatic heterocycles. The smallest absolute Gasteiger partial charge is 0.303 e. The third-order valence-corrected chi connectivity index (χ3v) is 3.10. The first kappa shape index (κ1) is 14.3. The number of ether oxygens (including phenoxy) is 2. The normalized spacial score (nSPS) is 35.1. The lowest BCUT2D eigenvalue weighted by molar-refractivity contribution is -0.173. The van der Waals surface area contributed by atoms with Crippen molar-refractivity contribution in [2.45, 2.75) is 51.5 Å². The molecular weight excluding hydrogens is 236 g/mol. The number of azide groups is 1. The minimum absolute atomic E-state index is 0.111. The summed E-state index contributed by atoms with van der Waals surface area (Å²) < 4.78 is 10.6. The summed E-state index contributed by atoms with van der Waals surface area (Å²) in [5.41, 5.74) is 8.60. The van der Waals surface area contributed by atoms with Gasteiger partial charge in [-0.05, 0) is 17.9 Å². The summed E-state index contributed by atoms with van der Waals surface area (Å²) in [5, 5.41) is 12.7. The Labute approximate surface area is 105 Å². The number of carbonyl (C=O) groups excluding carboxylic acids is 1. The van der Waals surface area contributed by atoms with Gasteiger partial charge in [0.2, 0.25) is 0 Å². The predicted molar refractivity (Wildman–Crippen MR) is 62.2 cm³/mol. The average molecular weight is 252 g/mol. The van der Waals surface area contributed by atoms with Gasteiger partial charge in [0.05, 0.1) is 18.2 Å². The predicted octanol–water partition coefficient (Wildman–Crippen LogP) is 1.93. The van der Waals surface area contributed by atoms with Crippen LogP contribution in [0.4, 0.5) is 0 Å².